The smallest absolute Gasteiger partial charge is 0.387 e. The van der Waals surface area contributed by atoms with Gasteiger partial charge in [0.15, 0.2) is 11.0 Å². The number of carbonyl (C=O) groups excluding carboxylic acids is 1. The minimum Gasteiger partial charge on any atom is -0.507 e. The van der Waals surface area contributed by atoms with E-state index in [9.17, 15) is 18.7 Å². The molecule has 0 aliphatic rings. The predicted octanol–water partition coefficient (Wildman–Crippen LogP) is 4.17. The van der Waals surface area contributed by atoms with E-state index in [-0.39, 0.29) is 23.2 Å². The lowest BCUT2D eigenvalue weighted by atomic mass is 10.2. The van der Waals surface area contributed by atoms with Crippen molar-refractivity contribution in [2.75, 3.05) is 11.1 Å². The molecule has 2 N–H and O–H groups in total. The van der Waals surface area contributed by atoms with Crippen molar-refractivity contribution >= 4 is 23.4 Å². The summed E-state index contributed by atoms with van der Waals surface area (Å²) in [4.78, 5) is 12.2. The Balaban J connectivity index is 1.66. The molecular formula is C20H18F2N4O3S. The maximum absolute atomic E-state index is 12.2. The Morgan fingerprint density at radius 2 is 1.97 bits per heavy atom. The van der Waals surface area contributed by atoms with Gasteiger partial charge in [-0.25, -0.2) is 0 Å². The lowest BCUT2D eigenvalue weighted by Gasteiger charge is -2.09. The van der Waals surface area contributed by atoms with Gasteiger partial charge in [0.1, 0.15) is 11.5 Å². The number of hydrogen-bond donors (Lipinski definition) is 2. The number of halogens is 2. The van der Waals surface area contributed by atoms with Crippen molar-refractivity contribution in [2.45, 2.75) is 18.3 Å². The number of hydrogen-bond acceptors (Lipinski definition) is 6. The number of thioether (sulfide) groups is 1. The number of para-hydroxylation sites is 1. The quantitative estimate of drug-likeness (QED) is 0.390. The summed E-state index contributed by atoms with van der Waals surface area (Å²) in [6.07, 6.45) is 1.67. The summed E-state index contributed by atoms with van der Waals surface area (Å²) in [7, 11) is 0. The number of anilines is 1. The van der Waals surface area contributed by atoms with Crippen molar-refractivity contribution < 1.29 is 23.4 Å². The SMILES string of the molecule is C=CCn1c(SCC(=O)Nc2ccc(OC(F)F)cc2)nnc1-c1ccccc1O. The number of phenols is 1. The van der Waals surface area contributed by atoms with Crippen LogP contribution in [-0.2, 0) is 11.3 Å². The van der Waals surface area contributed by atoms with Crippen LogP contribution in [-0.4, -0.2) is 38.1 Å². The number of amides is 1. The van der Waals surface area contributed by atoms with Crippen LogP contribution in [0.15, 0.2) is 66.3 Å². The number of allylic oxidation sites excluding steroid dienone is 1. The molecular weight excluding hydrogens is 414 g/mol. The molecule has 0 aliphatic heterocycles. The molecule has 0 bridgehead atoms. The molecule has 0 aliphatic carbocycles. The molecule has 3 aromatic rings. The van der Waals surface area contributed by atoms with Gasteiger partial charge in [-0.15, -0.1) is 16.8 Å². The van der Waals surface area contributed by atoms with E-state index >= 15 is 0 Å². The first-order valence-electron chi connectivity index (χ1n) is 8.78. The fraction of sp³-hybridized carbons (Fsp3) is 0.150. The second-order valence-corrected chi connectivity index (χ2v) is 6.90. The molecule has 7 nitrogen and oxygen atoms in total. The number of nitrogens with zero attached hydrogens (tertiary/aromatic N) is 3. The minimum atomic E-state index is -2.91. The standard InChI is InChI=1S/C20H18F2N4O3S/c1-2-11-26-18(15-5-3-4-6-16(15)27)24-25-20(26)30-12-17(28)23-13-7-9-14(10-8-13)29-19(21)22/h2-10,19,27H,1,11-12H2,(H,23,28). The average molecular weight is 432 g/mol. The van der Waals surface area contributed by atoms with E-state index in [0.29, 0.717) is 28.8 Å². The number of rotatable bonds is 9. The van der Waals surface area contributed by atoms with Gasteiger partial charge < -0.3 is 15.2 Å². The Kier molecular flexibility index (Phi) is 7.02. The van der Waals surface area contributed by atoms with Crippen molar-refractivity contribution in [3.8, 4) is 22.9 Å². The molecule has 2 aromatic carbocycles. The molecule has 0 fully saturated rings. The molecule has 0 spiro atoms. The molecule has 156 valence electrons. The summed E-state index contributed by atoms with van der Waals surface area (Å²) in [6, 6.07) is 12.4. The number of aromatic nitrogens is 3. The Labute approximate surface area is 175 Å². The third-order valence-corrected chi connectivity index (χ3v) is 4.84. The number of ether oxygens (including phenoxy) is 1. The number of nitrogens with one attached hydrogen (secondary N) is 1. The van der Waals surface area contributed by atoms with Crippen molar-refractivity contribution in [1.29, 1.82) is 0 Å². The minimum absolute atomic E-state index is 0.00611. The summed E-state index contributed by atoms with van der Waals surface area (Å²) in [5, 5.41) is 21.5. The van der Waals surface area contributed by atoms with E-state index in [2.05, 4.69) is 26.8 Å². The second-order valence-electron chi connectivity index (χ2n) is 5.96. The zero-order chi connectivity index (χ0) is 21.5. The van der Waals surface area contributed by atoms with Gasteiger partial charge in [0, 0.05) is 12.2 Å². The topological polar surface area (TPSA) is 89.3 Å². The monoisotopic (exact) mass is 432 g/mol. The number of benzene rings is 2. The van der Waals surface area contributed by atoms with Crippen molar-refractivity contribution in [3.63, 3.8) is 0 Å². The Bertz CT molecular complexity index is 1030. The summed E-state index contributed by atoms with van der Waals surface area (Å²) in [6.45, 7) is 1.22. The van der Waals surface area contributed by atoms with Crippen molar-refractivity contribution in [3.05, 3.63) is 61.2 Å². The molecule has 1 heterocycles. The summed E-state index contributed by atoms with van der Waals surface area (Å²) >= 11 is 1.17. The molecule has 30 heavy (non-hydrogen) atoms. The molecule has 1 aromatic heterocycles. The van der Waals surface area contributed by atoms with Crippen LogP contribution < -0.4 is 10.1 Å². The van der Waals surface area contributed by atoms with Crippen LogP contribution in [0, 0.1) is 0 Å². The van der Waals surface area contributed by atoms with Gasteiger partial charge in [0.05, 0.1) is 11.3 Å². The highest BCUT2D eigenvalue weighted by molar-refractivity contribution is 7.99. The number of phenolic OH excluding ortho intramolecular Hbond substituents is 1. The van der Waals surface area contributed by atoms with Crippen LogP contribution in [0.3, 0.4) is 0 Å². The van der Waals surface area contributed by atoms with E-state index in [1.165, 1.54) is 36.0 Å². The highest BCUT2D eigenvalue weighted by Crippen LogP contribution is 2.30. The highest BCUT2D eigenvalue weighted by atomic mass is 32.2. The van der Waals surface area contributed by atoms with E-state index in [1.807, 2.05) is 0 Å². The summed E-state index contributed by atoms with van der Waals surface area (Å²) in [5.41, 5.74) is 0.971. The maximum atomic E-state index is 12.2. The molecule has 3 rings (SSSR count). The van der Waals surface area contributed by atoms with Gasteiger partial charge in [-0.3, -0.25) is 9.36 Å². The van der Waals surface area contributed by atoms with Gasteiger partial charge in [0.2, 0.25) is 5.91 Å². The van der Waals surface area contributed by atoms with Gasteiger partial charge in [-0.2, -0.15) is 8.78 Å². The average Bonchev–Trinajstić information content (AvgIpc) is 3.11. The molecule has 0 unspecified atom stereocenters. The first kappa shape index (κ1) is 21.3. The molecule has 0 atom stereocenters. The van der Waals surface area contributed by atoms with Gasteiger partial charge in [-0.1, -0.05) is 30.0 Å². The molecule has 0 saturated heterocycles. The third-order valence-electron chi connectivity index (χ3n) is 3.87. The van der Waals surface area contributed by atoms with Crippen LogP contribution in [0.2, 0.25) is 0 Å². The number of alkyl halides is 2. The number of aromatic hydroxyl groups is 1. The van der Waals surface area contributed by atoms with E-state index in [4.69, 9.17) is 0 Å². The summed E-state index contributed by atoms with van der Waals surface area (Å²) < 4.78 is 30.4. The zero-order valence-electron chi connectivity index (χ0n) is 15.7. The largest absolute Gasteiger partial charge is 0.507 e. The molecule has 0 saturated carbocycles. The van der Waals surface area contributed by atoms with Gasteiger partial charge >= 0.3 is 6.61 Å². The van der Waals surface area contributed by atoms with E-state index in [0.717, 1.165) is 0 Å². The second kappa shape index (κ2) is 9.88. The van der Waals surface area contributed by atoms with Crippen LogP contribution in [0.4, 0.5) is 14.5 Å². The van der Waals surface area contributed by atoms with Crippen LogP contribution >= 0.6 is 11.8 Å². The normalized spacial score (nSPS) is 10.8. The first-order valence-corrected chi connectivity index (χ1v) is 9.76. The highest BCUT2D eigenvalue weighted by Gasteiger charge is 2.17. The molecule has 1 amide bonds. The van der Waals surface area contributed by atoms with E-state index < -0.39 is 6.61 Å². The maximum Gasteiger partial charge on any atom is 0.387 e. The van der Waals surface area contributed by atoms with Crippen molar-refractivity contribution in [2.24, 2.45) is 0 Å². The van der Waals surface area contributed by atoms with Gasteiger partial charge in [0.25, 0.3) is 0 Å². The third kappa shape index (κ3) is 5.35. The van der Waals surface area contributed by atoms with Crippen LogP contribution in [0.25, 0.3) is 11.4 Å². The zero-order valence-corrected chi connectivity index (χ0v) is 16.5. The first-order chi connectivity index (χ1) is 14.5. The molecule has 10 heteroatoms. The fourth-order valence-corrected chi connectivity index (χ4v) is 3.35. The van der Waals surface area contributed by atoms with Gasteiger partial charge in [-0.05, 0) is 36.4 Å². The predicted molar refractivity (Wildman–Crippen MR) is 110 cm³/mol. The lowest BCUT2D eigenvalue weighted by Crippen LogP contribution is -2.14. The fourth-order valence-electron chi connectivity index (χ4n) is 2.60. The molecule has 0 radical (unpaired) electrons. The van der Waals surface area contributed by atoms with Crippen LogP contribution in [0.1, 0.15) is 0 Å². The summed E-state index contributed by atoms with van der Waals surface area (Å²) in [5.74, 6) is 0.284. The number of carbonyl (C=O) groups is 1. The Morgan fingerprint density at radius 1 is 1.23 bits per heavy atom. The lowest BCUT2D eigenvalue weighted by molar-refractivity contribution is -0.113. The Hall–Kier alpha value is -3.40. The Morgan fingerprint density at radius 3 is 2.63 bits per heavy atom. The van der Waals surface area contributed by atoms with Crippen LogP contribution in [0.5, 0.6) is 11.5 Å². The van der Waals surface area contributed by atoms with Crippen molar-refractivity contribution in [1.82, 2.24) is 14.8 Å². The van der Waals surface area contributed by atoms with E-state index in [1.54, 1.807) is 34.9 Å².